The SMILES string of the molecule is O=C1CNC(c2ccc(OC(F)F)cc2)N1C1CC1. The zero-order valence-electron chi connectivity index (χ0n) is 10.2. The van der Waals surface area contributed by atoms with Gasteiger partial charge in [-0.1, -0.05) is 12.1 Å². The van der Waals surface area contributed by atoms with E-state index in [2.05, 4.69) is 10.1 Å². The first-order valence-electron chi connectivity index (χ1n) is 6.24. The zero-order valence-corrected chi connectivity index (χ0v) is 10.2. The number of hydrogen-bond donors (Lipinski definition) is 1. The van der Waals surface area contributed by atoms with Crippen LogP contribution in [0.1, 0.15) is 24.6 Å². The van der Waals surface area contributed by atoms with E-state index in [1.54, 1.807) is 12.1 Å². The Hall–Kier alpha value is -1.69. The zero-order chi connectivity index (χ0) is 13.4. The molecule has 3 rings (SSSR count). The predicted octanol–water partition coefficient (Wildman–Crippen LogP) is 1.88. The fourth-order valence-corrected chi connectivity index (χ4v) is 2.39. The number of halogens is 2. The molecule has 1 aromatic carbocycles. The van der Waals surface area contributed by atoms with Gasteiger partial charge in [-0.05, 0) is 30.5 Å². The van der Waals surface area contributed by atoms with Crippen molar-refractivity contribution in [2.24, 2.45) is 0 Å². The van der Waals surface area contributed by atoms with Crippen molar-refractivity contribution in [3.63, 3.8) is 0 Å². The van der Waals surface area contributed by atoms with Crippen LogP contribution in [0.3, 0.4) is 0 Å². The number of hydrogen-bond acceptors (Lipinski definition) is 3. The minimum Gasteiger partial charge on any atom is -0.435 e. The molecule has 1 N–H and O–H groups in total. The highest BCUT2D eigenvalue weighted by molar-refractivity contribution is 5.81. The predicted molar refractivity (Wildman–Crippen MR) is 63.7 cm³/mol. The van der Waals surface area contributed by atoms with Gasteiger partial charge in [-0.2, -0.15) is 8.78 Å². The van der Waals surface area contributed by atoms with Crippen LogP contribution in [-0.2, 0) is 4.79 Å². The Morgan fingerprint density at radius 1 is 1.26 bits per heavy atom. The van der Waals surface area contributed by atoms with Gasteiger partial charge in [-0.25, -0.2) is 0 Å². The Morgan fingerprint density at radius 2 is 1.95 bits per heavy atom. The molecule has 1 saturated heterocycles. The van der Waals surface area contributed by atoms with Gasteiger partial charge in [0.15, 0.2) is 0 Å². The van der Waals surface area contributed by atoms with E-state index in [1.807, 2.05) is 4.90 Å². The van der Waals surface area contributed by atoms with E-state index in [9.17, 15) is 13.6 Å². The lowest BCUT2D eigenvalue weighted by molar-refractivity contribution is -0.128. The minimum atomic E-state index is -2.82. The molecule has 1 aliphatic heterocycles. The van der Waals surface area contributed by atoms with Crippen molar-refractivity contribution in [3.8, 4) is 5.75 Å². The topological polar surface area (TPSA) is 41.6 Å². The van der Waals surface area contributed by atoms with Gasteiger partial charge in [0.1, 0.15) is 11.9 Å². The van der Waals surface area contributed by atoms with Crippen molar-refractivity contribution in [3.05, 3.63) is 29.8 Å². The van der Waals surface area contributed by atoms with Gasteiger partial charge in [-0.3, -0.25) is 10.1 Å². The molecule has 2 aliphatic rings. The van der Waals surface area contributed by atoms with Gasteiger partial charge in [0.25, 0.3) is 0 Å². The maximum atomic E-state index is 12.1. The maximum absolute atomic E-state index is 12.1. The highest BCUT2D eigenvalue weighted by Gasteiger charge is 2.41. The van der Waals surface area contributed by atoms with Crippen molar-refractivity contribution in [1.29, 1.82) is 0 Å². The third-order valence-electron chi connectivity index (χ3n) is 3.37. The molecule has 4 nitrogen and oxygen atoms in total. The summed E-state index contributed by atoms with van der Waals surface area (Å²) in [5, 5.41) is 3.14. The van der Waals surface area contributed by atoms with Crippen LogP contribution in [0, 0.1) is 0 Å². The average Bonchev–Trinajstić information content (AvgIpc) is 3.13. The van der Waals surface area contributed by atoms with Crippen LogP contribution in [-0.4, -0.2) is 30.0 Å². The van der Waals surface area contributed by atoms with E-state index in [-0.39, 0.29) is 17.8 Å². The van der Waals surface area contributed by atoms with Gasteiger partial charge in [0.05, 0.1) is 6.54 Å². The fraction of sp³-hybridized carbons (Fsp3) is 0.462. The number of alkyl halides is 2. The van der Waals surface area contributed by atoms with Crippen molar-refractivity contribution >= 4 is 5.91 Å². The molecule has 102 valence electrons. The summed E-state index contributed by atoms with van der Waals surface area (Å²) in [6.45, 7) is -2.49. The fourth-order valence-electron chi connectivity index (χ4n) is 2.39. The van der Waals surface area contributed by atoms with Crippen molar-refractivity contribution in [1.82, 2.24) is 10.2 Å². The molecular weight excluding hydrogens is 254 g/mol. The lowest BCUT2D eigenvalue weighted by Crippen LogP contribution is -2.32. The third-order valence-corrected chi connectivity index (χ3v) is 3.37. The summed E-state index contributed by atoms with van der Waals surface area (Å²) in [5.41, 5.74) is 0.888. The Bertz CT molecular complexity index is 474. The molecule has 6 heteroatoms. The largest absolute Gasteiger partial charge is 0.435 e. The van der Waals surface area contributed by atoms with Gasteiger partial charge in [0.2, 0.25) is 5.91 Å². The standard InChI is InChI=1S/C13H14F2N2O2/c14-13(15)19-10-5-1-8(2-6-10)12-16-7-11(18)17(12)9-3-4-9/h1-2,5-6,9,12-13,16H,3-4,7H2. The normalized spacial score (nSPS) is 23.2. The summed E-state index contributed by atoms with van der Waals surface area (Å²) in [6.07, 6.45) is 1.92. The summed E-state index contributed by atoms with van der Waals surface area (Å²) in [4.78, 5) is 13.6. The molecule has 0 radical (unpaired) electrons. The molecule has 0 aromatic heterocycles. The van der Waals surface area contributed by atoms with Gasteiger partial charge < -0.3 is 9.64 Å². The molecule has 1 saturated carbocycles. The maximum Gasteiger partial charge on any atom is 0.387 e. The van der Waals surface area contributed by atoms with E-state index in [1.165, 1.54) is 12.1 Å². The Morgan fingerprint density at radius 3 is 2.53 bits per heavy atom. The quantitative estimate of drug-likeness (QED) is 0.906. The third kappa shape index (κ3) is 2.53. The van der Waals surface area contributed by atoms with E-state index < -0.39 is 6.61 Å². The second-order valence-electron chi connectivity index (χ2n) is 4.76. The Kier molecular flexibility index (Phi) is 3.10. The summed E-state index contributed by atoms with van der Waals surface area (Å²) >= 11 is 0. The Balaban J connectivity index is 1.76. The number of amides is 1. The second kappa shape index (κ2) is 4.77. The first-order valence-corrected chi connectivity index (χ1v) is 6.24. The number of nitrogens with one attached hydrogen (secondary N) is 1. The van der Waals surface area contributed by atoms with Crippen LogP contribution in [0.4, 0.5) is 8.78 Å². The summed E-state index contributed by atoms with van der Waals surface area (Å²) in [7, 11) is 0. The van der Waals surface area contributed by atoms with E-state index in [0.29, 0.717) is 12.6 Å². The number of carbonyl (C=O) groups excluding carboxylic acids is 1. The summed E-state index contributed by atoms with van der Waals surface area (Å²) < 4.78 is 28.4. The molecule has 0 bridgehead atoms. The molecule has 1 aromatic rings. The monoisotopic (exact) mass is 268 g/mol. The number of benzene rings is 1. The summed E-state index contributed by atoms with van der Waals surface area (Å²) in [5.74, 6) is 0.224. The molecule has 0 spiro atoms. The molecule has 1 unspecified atom stereocenters. The average molecular weight is 268 g/mol. The number of rotatable bonds is 4. The Labute approximate surface area is 109 Å². The van der Waals surface area contributed by atoms with Crippen molar-refractivity contribution in [2.75, 3.05) is 6.54 Å². The van der Waals surface area contributed by atoms with Gasteiger partial charge in [-0.15, -0.1) is 0 Å². The molecule has 1 aliphatic carbocycles. The van der Waals surface area contributed by atoms with Crippen molar-refractivity contribution < 1.29 is 18.3 Å². The number of ether oxygens (including phenoxy) is 1. The minimum absolute atomic E-state index is 0.0976. The van der Waals surface area contributed by atoms with Crippen LogP contribution in [0.5, 0.6) is 5.75 Å². The lowest BCUT2D eigenvalue weighted by Gasteiger charge is -2.24. The molecule has 19 heavy (non-hydrogen) atoms. The smallest absolute Gasteiger partial charge is 0.387 e. The second-order valence-corrected chi connectivity index (χ2v) is 4.76. The van der Waals surface area contributed by atoms with Crippen LogP contribution >= 0.6 is 0 Å². The molecular formula is C13H14F2N2O2. The summed E-state index contributed by atoms with van der Waals surface area (Å²) in [6, 6.07) is 6.74. The molecule has 1 heterocycles. The van der Waals surface area contributed by atoms with Crippen LogP contribution < -0.4 is 10.1 Å². The van der Waals surface area contributed by atoms with Crippen LogP contribution in [0.15, 0.2) is 24.3 Å². The number of nitrogens with zero attached hydrogens (tertiary/aromatic N) is 1. The highest BCUT2D eigenvalue weighted by atomic mass is 19.3. The van der Waals surface area contributed by atoms with E-state index >= 15 is 0 Å². The van der Waals surface area contributed by atoms with E-state index in [0.717, 1.165) is 18.4 Å². The lowest BCUT2D eigenvalue weighted by atomic mass is 10.1. The first-order chi connectivity index (χ1) is 9.15. The number of carbonyl (C=O) groups is 1. The van der Waals surface area contributed by atoms with Gasteiger partial charge >= 0.3 is 6.61 Å². The van der Waals surface area contributed by atoms with Gasteiger partial charge in [0, 0.05) is 6.04 Å². The first kappa shape index (κ1) is 12.3. The molecule has 1 atom stereocenters. The van der Waals surface area contributed by atoms with E-state index in [4.69, 9.17) is 0 Å². The van der Waals surface area contributed by atoms with Crippen LogP contribution in [0.25, 0.3) is 0 Å². The molecule has 2 fully saturated rings. The van der Waals surface area contributed by atoms with Crippen molar-refractivity contribution in [2.45, 2.75) is 31.7 Å². The highest BCUT2D eigenvalue weighted by Crippen LogP contribution is 2.36. The molecule has 1 amide bonds. The van der Waals surface area contributed by atoms with Crippen LogP contribution in [0.2, 0.25) is 0 Å².